The van der Waals surface area contributed by atoms with E-state index in [0.29, 0.717) is 5.56 Å². The number of aryl methyl sites for hydroxylation is 1. The van der Waals surface area contributed by atoms with Crippen LogP contribution in [-0.2, 0) is 12.6 Å². The lowest BCUT2D eigenvalue weighted by Gasteiger charge is -2.24. The van der Waals surface area contributed by atoms with Crippen LogP contribution in [0.25, 0.3) is 0 Å². The molecule has 0 heterocycles. The van der Waals surface area contributed by atoms with Crippen LogP contribution in [0.15, 0.2) is 18.2 Å². The quantitative estimate of drug-likeness (QED) is 0.451. The third kappa shape index (κ3) is 9.14. The SMILES string of the molecule is CCCCCCCOc1ccc(CCC(N)(CO)CO)cc1C(F)(F)F.Cl. The number of unbranched alkanes of at least 4 members (excludes halogenated alkanes) is 4. The van der Waals surface area contributed by atoms with E-state index in [1.54, 1.807) is 6.07 Å². The molecular formula is C19H31ClF3NO3. The molecule has 0 atom stereocenters. The second-order valence-corrected chi connectivity index (χ2v) is 6.77. The number of aliphatic hydroxyl groups is 2. The van der Waals surface area contributed by atoms with Crippen LogP contribution in [0, 0.1) is 0 Å². The summed E-state index contributed by atoms with van der Waals surface area (Å²) in [5.74, 6) is -0.167. The van der Waals surface area contributed by atoms with Crippen molar-refractivity contribution in [1.29, 1.82) is 0 Å². The van der Waals surface area contributed by atoms with E-state index >= 15 is 0 Å². The van der Waals surface area contributed by atoms with Crippen molar-refractivity contribution < 1.29 is 28.1 Å². The van der Waals surface area contributed by atoms with Crippen molar-refractivity contribution in [2.75, 3.05) is 19.8 Å². The summed E-state index contributed by atoms with van der Waals surface area (Å²) >= 11 is 0. The molecule has 0 unspecified atom stereocenters. The third-order valence-corrected chi connectivity index (χ3v) is 4.40. The van der Waals surface area contributed by atoms with Gasteiger partial charge in [0.05, 0.1) is 30.9 Å². The van der Waals surface area contributed by atoms with Crippen LogP contribution in [0.3, 0.4) is 0 Å². The maximum Gasteiger partial charge on any atom is 0.419 e. The smallest absolute Gasteiger partial charge is 0.419 e. The van der Waals surface area contributed by atoms with Crippen LogP contribution in [-0.4, -0.2) is 35.6 Å². The summed E-state index contributed by atoms with van der Waals surface area (Å²) in [5, 5.41) is 18.4. The number of nitrogens with two attached hydrogens (primary N) is 1. The van der Waals surface area contributed by atoms with E-state index in [2.05, 4.69) is 6.92 Å². The predicted octanol–water partition coefficient (Wildman–Crippen LogP) is 4.09. The molecule has 158 valence electrons. The Morgan fingerprint density at radius 2 is 1.67 bits per heavy atom. The molecule has 4 N–H and O–H groups in total. The molecule has 0 aliphatic rings. The van der Waals surface area contributed by atoms with Gasteiger partial charge in [-0.2, -0.15) is 13.2 Å². The first-order valence-corrected chi connectivity index (χ1v) is 9.09. The highest BCUT2D eigenvalue weighted by molar-refractivity contribution is 5.85. The molecular weight excluding hydrogens is 383 g/mol. The Hall–Kier alpha value is -1.02. The second kappa shape index (κ2) is 12.4. The first-order valence-electron chi connectivity index (χ1n) is 9.09. The van der Waals surface area contributed by atoms with Crippen LogP contribution >= 0.6 is 12.4 Å². The highest BCUT2D eigenvalue weighted by atomic mass is 35.5. The number of rotatable bonds is 12. The summed E-state index contributed by atoms with van der Waals surface area (Å²) in [4.78, 5) is 0. The van der Waals surface area contributed by atoms with Crippen LogP contribution in [0.4, 0.5) is 13.2 Å². The van der Waals surface area contributed by atoms with Crippen LogP contribution in [0.1, 0.15) is 56.6 Å². The summed E-state index contributed by atoms with van der Waals surface area (Å²) in [6.07, 6.45) is 0.829. The third-order valence-electron chi connectivity index (χ3n) is 4.40. The summed E-state index contributed by atoms with van der Waals surface area (Å²) < 4.78 is 45.3. The Labute approximate surface area is 165 Å². The molecule has 1 aromatic carbocycles. The van der Waals surface area contributed by atoms with Gasteiger partial charge in [0.1, 0.15) is 5.75 Å². The van der Waals surface area contributed by atoms with E-state index < -0.39 is 30.5 Å². The fraction of sp³-hybridized carbons (Fsp3) is 0.684. The van der Waals surface area contributed by atoms with E-state index in [0.717, 1.165) is 38.2 Å². The highest BCUT2D eigenvalue weighted by Gasteiger charge is 2.35. The molecule has 0 saturated carbocycles. The standard InChI is InChI=1S/C19H30F3NO3.ClH/c1-2-3-4-5-6-11-26-17-8-7-15(12-16(17)19(20,21)22)9-10-18(23,13-24)14-25;/h7-8,12,24-25H,2-6,9-11,13-14,23H2,1H3;1H. The summed E-state index contributed by atoms with van der Waals surface area (Å²) in [7, 11) is 0. The van der Waals surface area contributed by atoms with Crippen molar-refractivity contribution in [3.05, 3.63) is 29.3 Å². The Morgan fingerprint density at radius 3 is 2.22 bits per heavy atom. The van der Waals surface area contributed by atoms with Crippen molar-refractivity contribution in [2.24, 2.45) is 5.73 Å². The molecule has 0 amide bonds. The van der Waals surface area contributed by atoms with Crippen molar-refractivity contribution in [1.82, 2.24) is 0 Å². The molecule has 0 aliphatic carbocycles. The minimum Gasteiger partial charge on any atom is -0.493 e. The molecule has 0 radical (unpaired) electrons. The molecule has 1 rings (SSSR count). The molecule has 0 fully saturated rings. The molecule has 0 spiro atoms. The Balaban J connectivity index is 0.00000676. The van der Waals surface area contributed by atoms with Gasteiger partial charge in [-0.15, -0.1) is 12.4 Å². The highest BCUT2D eigenvalue weighted by Crippen LogP contribution is 2.37. The van der Waals surface area contributed by atoms with Crippen molar-refractivity contribution >= 4 is 12.4 Å². The zero-order chi connectivity index (χ0) is 19.6. The molecule has 27 heavy (non-hydrogen) atoms. The zero-order valence-corrected chi connectivity index (χ0v) is 16.5. The van der Waals surface area contributed by atoms with E-state index in [1.165, 1.54) is 6.07 Å². The van der Waals surface area contributed by atoms with Gasteiger partial charge in [0.15, 0.2) is 0 Å². The topological polar surface area (TPSA) is 75.7 Å². The summed E-state index contributed by atoms with van der Waals surface area (Å²) in [6, 6.07) is 3.96. The number of hydrogen-bond acceptors (Lipinski definition) is 4. The van der Waals surface area contributed by atoms with E-state index in [9.17, 15) is 23.4 Å². The van der Waals surface area contributed by atoms with Gasteiger partial charge >= 0.3 is 6.18 Å². The lowest BCUT2D eigenvalue weighted by molar-refractivity contribution is -0.139. The van der Waals surface area contributed by atoms with Gasteiger partial charge in [-0.05, 0) is 37.0 Å². The van der Waals surface area contributed by atoms with Crippen molar-refractivity contribution in [3.63, 3.8) is 0 Å². The van der Waals surface area contributed by atoms with Crippen molar-refractivity contribution in [3.8, 4) is 5.75 Å². The monoisotopic (exact) mass is 413 g/mol. The van der Waals surface area contributed by atoms with E-state index in [-0.39, 0.29) is 37.6 Å². The summed E-state index contributed by atoms with van der Waals surface area (Å²) in [5.41, 5.74) is 4.19. The van der Waals surface area contributed by atoms with Gasteiger partial charge in [0.2, 0.25) is 0 Å². The Morgan fingerprint density at radius 1 is 1.04 bits per heavy atom. The first kappa shape index (κ1) is 26.0. The van der Waals surface area contributed by atoms with Crippen LogP contribution < -0.4 is 10.5 Å². The van der Waals surface area contributed by atoms with Crippen LogP contribution in [0.2, 0.25) is 0 Å². The van der Waals surface area contributed by atoms with Gasteiger partial charge in [0.25, 0.3) is 0 Å². The maximum atomic E-state index is 13.3. The normalized spacial score (nSPS) is 12.0. The molecule has 4 nitrogen and oxygen atoms in total. The Kier molecular flexibility index (Phi) is 12.0. The number of ether oxygens (including phenoxy) is 1. The fourth-order valence-corrected chi connectivity index (χ4v) is 2.57. The van der Waals surface area contributed by atoms with Gasteiger partial charge in [0, 0.05) is 0 Å². The van der Waals surface area contributed by atoms with Crippen molar-refractivity contribution in [2.45, 2.75) is 63.6 Å². The van der Waals surface area contributed by atoms with E-state index in [4.69, 9.17) is 10.5 Å². The van der Waals surface area contributed by atoms with Crippen LogP contribution in [0.5, 0.6) is 5.75 Å². The minimum absolute atomic E-state index is 0. The molecule has 0 aromatic heterocycles. The number of aliphatic hydroxyl groups excluding tert-OH is 2. The number of halogens is 4. The molecule has 0 saturated heterocycles. The second-order valence-electron chi connectivity index (χ2n) is 6.77. The summed E-state index contributed by atoms with van der Waals surface area (Å²) in [6.45, 7) is 1.49. The number of alkyl halides is 3. The first-order chi connectivity index (χ1) is 12.3. The van der Waals surface area contributed by atoms with Gasteiger partial charge in [-0.25, -0.2) is 0 Å². The average Bonchev–Trinajstić information content (AvgIpc) is 2.62. The number of hydrogen-bond donors (Lipinski definition) is 3. The fourth-order valence-electron chi connectivity index (χ4n) is 2.57. The Bertz CT molecular complexity index is 537. The largest absolute Gasteiger partial charge is 0.493 e. The van der Waals surface area contributed by atoms with Gasteiger partial charge in [-0.1, -0.05) is 38.7 Å². The molecule has 8 heteroatoms. The lowest BCUT2D eigenvalue weighted by Crippen LogP contribution is -2.47. The minimum atomic E-state index is -4.51. The molecule has 0 aliphatic heterocycles. The van der Waals surface area contributed by atoms with E-state index in [1.807, 2.05) is 0 Å². The maximum absolute atomic E-state index is 13.3. The van der Waals surface area contributed by atoms with Gasteiger partial charge < -0.3 is 20.7 Å². The van der Waals surface area contributed by atoms with Gasteiger partial charge in [-0.3, -0.25) is 0 Å². The molecule has 1 aromatic rings. The average molecular weight is 414 g/mol. The predicted molar refractivity (Wildman–Crippen MR) is 102 cm³/mol. The zero-order valence-electron chi connectivity index (χ0n) is 15.7. The molecule has 0 bridgehead atoms. The lowest BCUT2D eigenvalue weighted by atomic mass is 9.93. The number of benzene rings is 1.